The smallest absolute Gasteiger partial charge is 0.356 e. The average molecular weight is 410 g/mol. The first-order chi connectivity index (χ1) is 14.2. The lowest BCUT2D eigenvalue weighted by molar-refractivity contribution is -0.158. The Morgan fingerprint density at radius 2 is 1.63 bits per heavy atom. The van der Waals surface area contributed by atoms with E-state index in [2.05, 4.69) is 0 Å². The molecular formula is C21H18N2O7. The van der Waals surface area contributed by atoms with Crippen molar-refractivity contribution in [2.75, 3.05) is 0 Å². The van der Waals surface area contributed by atoms with Crippen LogP contribution in [-0.2, 0) is 20.9 Å². The number of hydrogen-bond donors (Lipinski definition) is 3. The summed E-state index contributed by atoms with van der Waals surface area (Å²) in [6.45, 7) is 1.97. The van der Waals surface area contributed by atoms with E-state index < -0.39 is 29.7 Å². The molecule has 0 aliphatic rings. The maximum atomic E-state index is 12.6. The number of carbonyl (C=O) groups is 4. The van der Waals surface area contributed by atoms with Crippen LogP contribution < -0.4 is 10.5 Å². The fourth-order valence-electron chi connectivity index (χ4n) is 3.29. The highest BCUT2D eigenvalue weighted by Crippen LogP contribution is 2.35. The Morgan fingerprint density at radius 1 is 1.00 bits per heavy atom. The largest absolute Gasteiger partial charge is 0.478 e. The number of primary amides is 1. The van der Waals surface area contributed by atoms with Crippen molar-refractivity contribution in [3.63, 3.8) is 0 Å². The van der Waals surface area contributed by atoms with Crippen LogP contribution in [0.25, 0.3) is 10.9 Å². The van der Waals surface area contributed by atoms with Gasteiger partial charge in [0, 0.05) is 12.2 Å². The molecule has 0 radical (unpaired) electrons. The van der Waals surface area contributed by atoms with Gasteiger partial charge in [-0.3, -0.25) is 9.59 Å². The molecule has 0 fully saturated rings. The molecule has 2 aromatic carbocycles. The number of carboxylic acid groups (broad SMARTS) is 2. The summed E-state index contributed by atoms with van der Waals surface area (Å²) in [6, 6.07) is 13.9. The lowest BCUT2D eigenvalue weighted by atomic mass is 10.1. The van der Waals surface area contributed by atoms with Crippen molar-refractivity contribution in [2.24, 2.45) is 5.73 Å². The molecule has 0 atom stereocenters. The highest BCUT2D eigenvalue weighted by molar-refractivity contribution is 6.45. The van der Waals surface area contributed by atoms with Crippen molar-refractivity contribution >= 4 is 34.5 Å². The molecule has 3 rings (SSSR count). The Bertz CT molecular complexity index is 1150. The first-order valence-electron chi connectivity index (χ1n) is 8.84. The quantitative estimate of drug-likeness (QED) is 0.290. The zero-order valence-electron chi connectivity index (χ0n) is 15.9. The van der Waals surface area contributed by atoms with Gasteiger partial charge in [-0.1, -0.05) is 36.4 Å². The molecule has 9 heteroatoms. The topological polar surface area (TPSA) is 149 Å². The zero-order valence-corrected chi connectivity index (χ0v) is 15.9. The second kappa shape index (κ2) is 8.08. The lowest BCUT2D eigenvalue weighted by Gasteiger charge is -2.13. The van der Waals surface area contributed by atoms with Crippen LogP contribution >= 0.6 is 0 Å². The van der Waals surface area contributed by atoms with Crippen LogP contribution in [0.3, 0.4) is 0 Å². The van der Waals surface area contributed by atoms with Crippen LogP contribution in [0.2, 0.25) is 0 Å². The van der Waals surface area contributed by atoms with E-state index >= 15 is 0 Å². The molecule has 154 valence electrons. The Hall–Kier alpha value is -4.14. The third-order valence-corrected chi connectivity index (χ3v) is 4.64. The molecule has 3 aromatic rings. The second-order valence-corrected chi connectivity index (χ2v) is 6.55. The first-order valence-corrected chi connectivity index (χ1v) is 8.84. The summed E-state index contributed by atoms with van der Waals surface area (Å²) in [6.07, 6.45) is -2.19. The molecule has 0 spiro atoms. The van der Waals surface area contributed by atoms with E-state index in [-0.39, 0.29) is 16.7 Å². The molecule has 0 aliphatic heterocycles. The van der Waals surface area contributed by atoms with Crippen LogP contribution in [-0.4, -0.2) is 44.5 Å². The predicted octanol–water partition coefficient (Wildman–Crippen LogP) is 1.58. The van der Waals surface area contributed by atoms with Crippen molar-refractivity contribution in [3.05, 3.63) is 65.4 Å². The monoisotopic (exact) mass is 410 g/mol. The molecule has 9 nitrogen and oxygen atoms in total. The van der Waals surface area contributed by atoms with Gasteiger partial charge in [-0.25, -0.2) is 9.59 Å². The van der Waals surface area contributed by atoms with Crippen LogP contribution in [0.5, 0.6) is 5.75 Å². The molecule has 30 heavy (non-hydrogen) atoms. The number of rotatable bonds is 8. The third kappa shape index (κ3) is 3.72. The van der Waals surface area contributed by atoms with Crippen molar-refractivity contribution in [3.8, 4) is 5.75 Å². The summed E-state index contributed by atoms with van der Waals surface area (Å²) in [7, 11) is 0. The Morgan fingerprint density at radius 3 is 2.20 bits per heavy atom. The molecule has 0 bridgehead atoms. The Balaban J connectivity index is 2.26. The Kier molecular flexibility index (Phi) is 5.54. The minimum atomic E-state index is -2.19. The summed E-state index contributed by atoms with van der Waals surface area (Å²) >= 11 is 0. The van der Waals surface area contributed by atoms with Gasteiger partial charge in [-0.15, -0.1) is 0 Å². The first kappa shape index (κ1) is 20.6. The second-order valence-electron chi connectivity index (χ2n) is 6.55. The number of hydrogen-bond acceptors (Lipinski definition) is 5. The van der Waals surface area contributed by atoms with Gasteiger partial charge in [0.25, 0.3) is 17.8 Å². The number of aromatic nitrogens is 1. The van der Waals surface area contributed by atoms with E-state index in [1.165, 1.54) is 12.1 Å². The molecule has 0 aliphatic carbocycles. The summed E-state index contributed by atoms with van der Waals surface area (Å²) in [5.41, 5.74) is 6.95. The van der Waals surface area contributed by atoms with Gasteiger partial charge < -0.3 is 25.3 Å². The molecule has 1 amide bonds. The molecule has 4 N–H and O–H groups in total. The standard InChI is InChI=1S/C21H18N2O7/c1-11-15(17(24)19(22)25)16-13(23(11)10-12-6-3-2-4-7-12)8-5-9-14(16)30-18(20(26)27)21(28)29/h2-9,18H,10H2,1H3,(H2,22,25)(H,26,27)(H,28,29). The van der Waals surface area contributed by atoms with E-state index in [1.807, 2.05) is 30.3 Å². The van der Waals surface area contributed by atoms with Gasteiger partial charge in [0.05, 0.1) is 16.5 Å². The molecule has 0 unspecified atom stereocenters. The number of ether oxygens (including phenoxy) is 1. The number of aliphatic carboxylic acids is 2. The SMILES string of the molecule is Cc1c(C(=O)C(N)=O)c2c(OC(C(=O)O)C(=O)O)cccc2n1Cc1ccccc1. The predicted molar refractivity (Wildman–Crippen MR) is 105 cm³/mol. The number of nitrogens with two attached hydrogens (primary N) is 1. The van der Waals surface area contributed by atoms with Crippen LogP contribution in [0.4, 0.5) is 0 Å². The summed E-state index contributed by atoms with van der Waals surface area (Å²) in [4.78, 5) is 46.8. The van der Waals surface area contributed by atoms with Gasteiger partial charge in [-0.2, -0.15) is 0 Å². The molecule has 0 saturated heterocycles. The molecule has 0 saturated carbocycles. The summed E-state index contributed by atoms with van der Waals surface area (Å²) < 4.78 is 6.98. The van der Waals surface area contributed by atoms with Gasteiger partial charge >= 0.3 is 11.9 Å². The van der Waals surface area contributed by atoms with E-state index in [4.69, 9.17) is 20.7 Å². The van der Waals surface area contributed by atoms with Crippen LogP contribution in [0.1, 0.15) is 21.6 Å². The van der Waals surface area contributed by atoms with Crippen molar-refractivity contribution in [2.45, 2.75) is 19.6 Å². The van der Waals surface area contributed by atoms with Crippen LogP contribution in [0, 0.1) is 6.92 Å². The van der Waals surface area contributed by atoms with Crippen molar-refractivity contribution in [1.29, 1.82) is 0 Å². The van der Waals surface area contributed by atoms with Gasteiger partial charge in [0.15, 0.2) is 0 Å². The van der Waals surface area contributed by atoms with Gasteiger partial charge in [0.2, 0.25) is 0 Å². The number of carbonyl (C=O) groups excluding carboxylic acids is 2. The summed E-state index contributed by atoms with van der Waals surface area (Å²) in [5, 5.41) is 18.4. The number of amides is 1. The molecule has 1 heterocycles. The average Bonchev–Trinajstić information content (AvgIpc) is 2.98. The van der Waals surface area contributed by atoms with E-state index in [0.717, 1.165) is 5.56 Å². The van der Waals surface area contributed by atoms with Crippen molar-refractivity contribution < 1.29 is 34.1 Å². The molecule has 1 aromatic heterocycles. The fraction of sp³-hybridized carbons (Fsp3) is 0.143. The number of carboxylic acids is 2. The third-order valence-electron chi connectivity index (χ3n) is 4.64. The minimum absolute atomic E-state index is 0.0569. The highest BCUT2D eigenvalue weighted by Gasteiger charge is 2.31. The number of nitrogens with zero attached hydrogens (tertiary/aromatic N) is 1. The number of ketones is 1. The maximum Gasteiger partial charge on any atom is 0.356 e. The van der Waals surface area contributed by atoms with E-state index in [9.17, 15) is 19.2 Å². The lowest BCUT2D eigenvalue weighted by Crippen LogP contribution is -2.35. The number of Topliss-reactive ketones (excluding diaryl/α,β-unsaturated/α-hetero) is 1. The summed E-state index contributed by atoms with van der Waals surface area (Å²) in [5.74, 6) is -5.74. The zero-order chi connectivity index (χ0) is 22.0. The molecular weight excluding hydrogens is 392 g/mol. The van der Waals surface area contributed by atoms with E-state index in [0.29, 0.717) is 17.8 Å². The number of fused-ring (bicyclic) bond motifs is 1. The maximum absolute atomic E-state index is 12.6. The number of benzene rings is 2. The normalized spacial score (nSPS) is 10.9. The Labute approximate surface area is 170 Å². The van der Waals surface area contributed by atoms with Gasteiger partial charge in [-0.05, 0) is 24.6 Å². The van der Waals surface area contributed by atoms with Crippen molar-refractivity contribution in [1.82, 2.24) is 4.57 Å². The van der Waals surface area contributed by atoms with E-state index in [1.54, 1.807) is 17.6 Å². The van der Waals surface area contributed by atoms with Crippen LogP contribution in [0.15, 0.2) is 48.5 Å². The minimum Gasteiger partial charge on any atom is -0.478 e. The highest BCUT2D eigenvalue weighted by atomic mass is 16.5. The van der Waals surface area contributed by atoms with Gasteiger partial charge in [0.1, 0.15) is 5.75 Å². The fourth-order valence-corrected chi connectivity index (χ4v) is 3.29.